The molecule has 1 aliphatic rings. The summed E-state index contributed by atoms with van der Waals surface area (Å²) in [7, 11) is -4.71. The van der Waals surface area contributed by atoms with Gasteiger partial charge in [-0.1, -0.05) is 55.1 Å². The van der Waals surface area contributed by atoms with Crippen molar-refractivity contribution in [3.05, 3.63) is 93.3 Å². The molecule has 0 radical (unpaired) electrons. The lowest BCUT2D eigenvalue weighted by atomic mass is 9.84. The van der Waals surface area contributed by atoms with E-state index >= 15 is 0 Å². The van der Waals surface area contributed by atoms with Crippen molar-refractivity contribution in [2.24, 2.45) is 0 Å². The van der Waals surface area contributed by atoms with Crippen molar-refractivity contribution in [1.29, 1.82) is 0 Å². The number of hydrogen-bond donors (Lipinski definition) is 1. The molecule has 0 saturated heterocycles. The third-order valence-corrected chi connectivity index (χ3v) is 10.1. The number of halogens is 6. The third kappa shape index (κ3) is 6.45. The summed E-state index contributed by atoms with van der Waals surface area (Å²) in [6, 6.07) is 9.16. The Morgan fingerprint density at radius 2 is 1.45 bits per heavy atom. The zero-order valence-corrected chi connectivity index (χ0v) is 25.2. The molecule has 0 unspecified atom stereocenters. The molecule has 44 heavy (non-hydrogen) atoms. The molecule has 14 heteroatoms. The maximum atomic E-state index is 14.5. The van der Waals surface area contributed by atoms with Crippen LogP contribution in [0.25, 0.3) is 0 Å². The van der Waals surface area contributed by atoms with E-state index in [1.807, 2.05) is 12.1 Å². The highest BCUT2D eigenvalue weighted by Crippen LogP contribution is 2.35. The fourth-order valence-corrected chi connectivity index (χ4v) is 6.91. The zero-order chi connectivity index (χ0) is 32.5. The van der Waals surface area contributed by atoms with E-state index in [1.165, 1.54) is 18.6 Å². The monoisotopic (exact) mass is 658 g/mol. The first kappa shape index (κ1) is 33.3. The van der Waals surface area contributed by atoms with Gasteiger partial charge in [0.2, 0.25) is 21.7 Å². The predicted octanol–water partition coefficient (Wildman–Crippen LogP) is 7.02. The first-order valence-electron chi connectivity index (χ1n) is 13.6. The van der Waals surface area contributed by atoms with E-state index in [4.69, 9.17) is 11.6 Å². The van der Waals surface area contributed by atoms with Crippen LogP contribution in [0.15, 0.2) is 47.4 Å². The second-order valence-electron chi connectivity index (χ2n) is 10.6. The molecule has 3 aromatic rings. The Hall–Kier alpha value is -3.55. The molecule has 236 valence electrons. The number of carbonyl (C=O) groups excluding carboxylic acids is 1. The number of aromatic carboxylic acids is 1. The second kappa shape index (κ2) is 13.2. The Kier molecular flexibility index (Phi) is 10.0. The van der Waals surface area contributed by atoms with Crippen LogP contribution in [-0.4, -0.2) is 42.8 Å². The largest absolute Gasteiger partial charge is 0.478 e. The summed E-state index contributed by atoms with van der Waals surface area (Å²) < 4.78 is 96.7. The van der Waals surface area contributed by atoms with Crippen LogP contribution in [-0.2, 0) is 21.4 Å². The molecule has 1 N–H and O–H groups in total. The predicted molar refractivity (Wildman–Crippen MR) is 153 cm³/mol. The number of anilines is 1. The Labute approximate surface area is 255 Å². The number of benzene rings is 3. The topological polar surface area (TPSA) is 95.0 Å². The van der Waals surface area contributed by atoms with E-state index in [-0.39, 0.29) is 27.1 Å². The molecular weight excluding hydrogens is 631 g/mol. The summed E-state index contributed by atoms with van der Waals surface area (Å²) in [5.74, 6) is -14.5. The maximum absolute atomic E-state index is 14.5. The van der Waals surface area contributed by atoms with Crippen molar-refractivity contribution in [3.63, 3.8) is 0 Å². The van der Waals surface area contributed by atoms with Crippen molar-refractivity contribution >= 4 is 39.2 Å². The van der Waals surface area contributed by atoms with Crippen molar-refractivity contribution in [2.75, 3.05) is 11.9 Å². The van der Waals surface area contributed by atoms with Gasteiger partial charge in [0, 0.05) is 7.05 Å². The summed E-state index contributed by atoms with van der Waals surface area (Å²) >= 11 is 6.36. The summed E-state index contributed by atoms with van der Waals surface area (Å²) in [5, 5.41) is 9.15. The van der Waals surface area contributed by atoms with E-state index in [0.29, 0.717) is 11.5 Å². The van der Waals surface area contributed by atoms with Gasteiger partial charge >= 0.3 is 5.97 Å². The van der Waals surface area contributed by atoms with Crippen LogP contribution < -0.4 is 4.90 Å². The molecule has 1 saturated carbocycles. The van der Waals surface area contributed by atoms with Crippen molar-refractivity contribution in [1.82, 2.24) is 4.31 Å². The first-order chi connectivity index (χ1) is 20.7. The summed E-state index contributed by atoms with van der Waals surface area (Å²) in [6.07, 6.45) is 5.53. The lowest BCUT2D eigenvalue weighted by Crippen LogP contribution is -2.48. The Morgan fingerprint density at radius 3 is 1.98 bits per heavy atom. The van der Waals surface area contributed by atoms with Gasteiger partial charge in [-0.2, -0.15) is 4.31 Å². The van der Waals surface area contributed by atoms with Crippen LogP contribution in [0.3, 0.4) is 0 Å². The zero-order valence-electron chi connectivity index (χ0n) is 23.6. The van der Waals surface area contributed by atoms with Crippen LogP contribution >= 0.6 is 11.6 Å². The van der Waals surface area contributed by atoms with Crippen molar-refractivity contribution in [3.8, 4) is 0 Å². The lowest BCUT2D eigenvalue weighted by Gasteiger charge is -2.31. The van der Waals surface area contributed by atoms with Crippen LogP contribution in [0.5, 0.6) is 0 Å². The quantitative estimate of drug-likeness (QED) is 0.151. The SMILES string of the molecule is C[C@H](C(=O)N(Cc1ccc(C2CCCCC2)cc1)c1ccc(C(=O)O)cc1Cl)N(C)S(=O)(=O)c1c(F)c(F)c(F)c(F)c1F. The average molecular weight is 659 g/mol. The van der Waals surface area contributed by atoms with Gasteiger partial charge in [0.1, 0.15) is 6.04 Å². The third-order valence-electron chi connectivity index (χ3n) is 7.86. The number of nitrogens with zero attached hydrogens (tertiary/aromatic N) is 2. The summed E-state index contributed by atoms with van der Waals surface area (Å²) in [6.45, 7) is 0.876. The highest BCUT2D eigenvalue weighted by atomic mass is 35.5. The molecule has 4 rings (SSSR count). The van der Waals surface area contributed by atoms with Gasteiger partial charge in [-0.25, -0.2) is 35.2 Å². The molecule has 1 atom stereocenters. The minimum absolute atomic E-state index is 0.00750. The minimum atomic E-state index is -5.46. The number of hydrogen-bond acceptors (Lipinski definition) is 4. The van der Waals surface area contributed by atoms with E-state index in [1.54, 1.807) is 12.1 Å². The fourth-order valence-electron chi connectivity index (χ4n) is 5.20. The van der Waals surface area contributed by atoms with Crippen LogP contribution in [0, 0.1) is 29.1 Å². The number of sulfonamides is 1. The van der Waals surface area contributed by atoms with E-state index in [9.17, 15) is 45.1 Å². The average Bonchev–Trinajstić information content (AvgIpc) is 3.01. The van der Waals surface area contributed by atoms with Crippen LogP contribution in [0.1, 0.15) is 66.4 Å². The lowest BCUT2D eigenvalue weighted by molar-refractivity contribution is -0.121. The molecule has 0 aromatic heterocycles. The molecule has 1 fully saturated rings. The van der Waals surface area contributed by atoms with Gasteiger partial charge in [-0.3, -0.25) is 4.79 Å². The fraction of sp³-hybridized carbons (Fsp3) is 0.333. The normalized spacial score (nSPS) is 14.9. The minimum Gasteiger partial charge on any atom is -0.478 e. The van der Waals surface area contributed by atoms with E-state index in [2.05, 4.69) is 0 Å². The van der Waals surface area contributed by atoms with Crippen molar-refractivity contribution in [2.45, 2.75) is 62.4 Å². The maximum Gasteiger partial charge on any atom is 0.335 e. The van der Waals surface area contributed by atoms with E-state index in [0.717, 1.165) is 56.2 Å². The molecule has 0 bridgehead atoms. The van der Waals surface area contributed by atoms with Gasteiger partial charge in [-0.15, -0.1) is 0 Å². The number of carboxylic acids is 1. The highest BCUT2D eigenvalue weighted by Gasteiger charge is 2.40. The Morgan fingerprint density at radius 1 is 0.909 bits per heavy atom. The van der Waals surface area contributed by atoms with Gasteiger partial charge in [-0.05, 0) is 55.0 Å². The van der Waals surface area contributed by atoms with Gasteiger partial charge in [0.25, 0.3) is 0 Å². The molecule has 7 nitrogen and oxygen atoms in total. The van der Waals surface area contributed by atoms with E-state index < -0.39 is 61.9 Å². The Balaban J connectivity index is 1.71. The smallest absolute Gasteiger partial charge is 0.335 e. The molecule has 1 aliphatic carbocycles. The second-order valence-corrected chi connectivity index (χ2v) is 12.9. The molecule has 0 heterocycles. The standard InChI is InChI=1S/C30H28ClF5N2O5S/c1-16(37(2)44(42,43)28-26(35)24(33)23(32)25(34)27(28)36)29(39)38(22-13-12-20(30(40)41)14-21(22)31)15-17-8-10-19(11-9-17)18-6-4-3-5-7-18/h8-14,16,18H,3-7,15H2,1-2H3,(H,40,41)/t16-/m1/s1. The van der Waals surface area contributed by atoms with Crippen LogP contribution in [0.2, 0.25) is 5.02 Å². The number of carboxylic acid groups (broad SMARTS) is 1. The van der Waals surface area contributed by atoms with Gasteiger partial charge < -0.3 is 10.0 Å². The number of likely N-dealkylation sites (N-methyl/N-ethyl adjacent to an activating group) is 1. The molecule has 0 spiro atoms. The number of rotatable bonds is 9. The first-order valence-corrected chi connectivity index (χ1v) is 15.4. The highest BCUT2D eigenvalue weighted by molar-refractivity contribution is 7.89. The number of amides is 1. The van der Waals surface area contributed by atoms with Gasteiger partial charge in [0.05, 0.1) is 22.8 Å². The molecule has 1 amide bonds. The summed E-state index contributed by atoms with van der Waals surface area (Å²) in [4.78, 5) is 24.2. The molecule has 0 aliphatic heterocycles. The van der Waals surface area contributed by atoms with Crippen molar-refractivity contribution < 1.29 is 45.1 Å². The molecule has 3 aromatic carbocycles. The van der Waals surface area contributed by atoms with Gasteiger partial charge in [0.15, 0.2) is 28.2 Å². The Bertz CT molecular complexity index is 1670. The number of carbonyl (C=O) groups is 2. The van der Waals surface area contributed by atoms with Crippen LogP contribution in [0.4, 0.5) is 27.6 Å². The summed E-state index contributed by atoms with van der Waals surface area (Å²) in [5.41, 5.74) is 1.51. The molecular formula is C30H28ClF5N2O5S.